The minimum atomic E-state index is 0.0422. The third-order valence-electron chi connectivity index (χ3n) is 7.41. The summed E-state index contributed by atoms with van der Waals surface area (Å²) in [6.07, 6.45) is 3.46. The first-order chi connectivity index (χ1) is 17.1. The van der Waals surface area contributed by atoms with Crippen molar-refractivity contribution in [3.05, 3.63) is 101 Å². The SMILES string of the molecule is Cc1ccc(C(=O)N2Cc3ccccc3C2)c(C2CCN(C(=O)c3cccc4cc[nH]c34)CC2)n1. The van der Waals surface area contributed by atoms with Gasteiger partial charge >= 0.3 is 0 Å². The van der Waals surface area contributed by atoms with Crippen molar-refractivity contribution in [2.45, 2.75) is 38.8 Å². The summed E-state index contributed by atoms with van der Waals surface area (Å²) in [5.41, 5.74) is 6.52. The largest absolute Gasteiger partial charge is 0.361 e. The van der Waals surface area contributed by atoms with Gasteiger partial charge in [0, 0.05) is 49.4 Å². The van der Waals surface area contributed by atoms with E-state index in [-0.39, 0.29) is 17.7 Å². The van der Waals surface area contributed by atoms with Crippen LogP contribution in [0.4, 0.5) is 0 Å². The molecule has 0 radical (unpaired) electrons. The number of nitrogens with one attached hydrogen (secondary N) is 1. The van der Waals surface area contributed by atoms with Crippen molar-refractivity contribution in [1.82, 2.24) is 19.8 Å². The van der Waals surface area contributed by atoms with Gasteiger partial charge in [0.25, 0.3) is 11.8 Å². The van der Waals surface area contributed by atoms with Crippen LogP contribution in [0.15, 0.2) is 66.9 Å². The van der Waals surface area contributed by atoms with Gasteiger partial charge in [0.2, 0.25) is 0 Å². The van der Waals surface area contributed by atoms with Crippen LogP contribution in [0.5, 0.6) is 0 Å². The first-order valence-corrected chi connectivity index (χ1v) is 12.3. The summed E-state index contributed by atoms with van der Waals surface area (Å²) in [6, 6.07) is 19.9. The Hall–Kier alpha value is -3.93. The smallest absolute Gasteiger partial charge is 0.256 e. The number of amides is 2. The Balaban J connectivity index is 1.20. The second-order valence-electron chi connectivity index (χ2n) is 9.63. The average Bonchev–Trinajstić information content (AvgIpc) is 3.55. The summed E-state index contributed by atoms with van der Waals surface area (Å²) in [4.78, 5) is 38.8. The fraction of sp³-hybridized carbons (Fsp3) is 0.276. The van der Waals surface area contributed by atoms with Gasteiger partial charge in [0.1, 0.15) is 0 Å². The lowest BCUT2D eigenvalue weighted by Crippen LogP contribution is -2.38. The molecule has 1 saturated heterocycles. The molecule has 2 aromatic heterocycles. The molecule has 35 heavy (non-hydrogen) atoms. The van der Waals surface area contributed by atoms with Crippen LogP contribution in [-0.4, -0.2) is 44.7 Å². The number of rotatable bonds is 3. The number of piperidine rings is 1. The van der Waals surface area contributed by atoms with Gasteiger partial charge in [0.15, 0.2) is 0 Å². The monoisotopic (exact) mass is 464 g/mol. The molecule has 0 atom stereocenters. The number of H-pyrrole nitrogens is 1. The van der Waals surface area contributed by atoms with E-state index in [1.807, 2.05) is 71.5 Å². The molecular weight excluding hydrogens is 436 g/mol. The van der Waals surface area contributed by atoms with Gasteiger partial charge in [-0.2, -0.15) is 0 Å². The molecule has 0 aliphatic carbocycles. The molecule has 6 nitrogen and oxygen atoms in total. The number of fused-ring (bicyclic) bond motifs is 2. The first kappa shape index (κ1) is 21.6. The van der Waals surface area contributed by atoms with Crippen LogP contribution >= 0.6 is 0 Å². The maximum Gasteiger partial charge on any atom is 0.256 e. The minimum Gasteiger partial charge on any atom is -0.361 e. The molecule has 0 saturated carbocycles. The van der Waals surface area contributed by atoms with Crippen molar-refractivity contribution >= 4 is 22.7 Å². The summed E-state index contributed by atoms with van der Waals surface area (Å²) in [5.74, 6) is 0.254. The lowest BCUT2D eigenvalue weighted by molar-refractivity contribution is 0.0704. The normalized spacial score (nSPS) is 16.0. The van der Waals surface area contributed by atoms with E-state index in [2.05, 4.69) is 17.1 Å². The van der Waals surface area contributed by atoms with Crippen molar-refractivity contribution < 1.29 is 9.59 Å². The standard InChI is InChI=1S/C29H28N4O2/c1-19-9-10-25(29(35)33-17-22-5-2-3-6-23(22)18-33)27(31-19)21-12-15-32(16-13-21)28(34)24-8-4-7-20-11-14-30-26(20)24/h2-11,14,21,30H,12-13,15-18H2,1H3. The Kier molecular flexibility index (Phi) is 5.36. The van der Waals surface area contributed by atoms with Crippen molar-refractivity contribution in [2.24, 2.45) is 0 Å². The quantitative estimate of drug-likeness (QED) is 0.461. The van der Waals surface area contributed by atoms with E-state index < -0.39 is 0 Å². The second kappa shape index (κ2) is 8.69. The van der Waals surface area contributed by atoms with Gasteiger partial charge in [-0.15, -0.1) is 0 Å². The predicted molar refractivity (Wildman–Crippen MR) is 135 cm³/mol. The Morgan fingerprint density at radius 3 is 2.29 bits per heavy atom. The molecule has 2 aromatic carbocycles. The third-order valence-corrected chi connectivity index (χ3v) is 7.41. The highest BCUT2D eigenvalue weighted by Gasteiger charge is 2.31. The molecule has 4 aromatic rings. The summed E-state index contributed by atoms with van der Waals surface area (Å²) >= 11 is 0. The van der Waals surface area contributed by atoms with E-state index >= 15 is 0 Å². The van der Waals surface area contributed by atoms with Crippen LogP contribution in [-0.2, 0) is 13.1 Å². The number of carbonyl (C=O) groups is 2. The van der Waals surface area contributed by atoms with Crippen LogP contribution in [0.1, 0.15) is 62.0 Å². The van der Waals surface area contributed by atoms with E-state index in [4.69, 9.17) is 4.98 Å². The number of carbonyl (C=O) groups excluding carboxylic acids is 2. The van der Waals surface area contributed by atoms with Gasteiger partial charge in [-0.3, -0.25) is 14.6 Å². The van der Waals surface area contributed by atoms with Crippen molar-refractivity contribution in [3.8, 4) is 0 Å². The summed E-state index contributed by atoms with van der Waals surface area (Å²) in [7, 11) is 0. The fourth-order valence-electron chi connectivity index (χ4n) is 5.51. The van der Waals surface area contributed by atoms with Gasteiger partial charge in [0.05, 0.1) is 22.3 Å². The zero-order valence-corrected chi connectivity index (χ0v) is 19.8. The molecule has 6 rings (SSSR count). The number of nitrogens with zero attached hydrogens (tertiary/aromatic N) is 3. The number of para-hydroxylation sites is 1. The molecule has 1 N–H and O–H groups in total. The van der Waals surface area contributed by atoms with E-state index in [9.17, 15) is 9.59 Å². The number of pyridine rings is 1. The number of aryl methyl sites for hydroxylation is 1. The maximum atomic E-state index is 13.6. The molecule has 1 fully saturated rings. The Morgan fingerprint density at radius 1 is 0.829 bits per heavy atom. The molecular formula is C29H28N4O2. The van der Waals surface area contributed by atoms with E-state index in [0.717, 1.165) is 35.1 Å². The van der Waals surface area contributed by atoms with Crippen LogP contribution < -0.4 is 0 Å². The molecule has 2 aliphatic rings. The second-order valence-corrected chi connectivity index (χ2v) is 9.63. The highest BCUT2D eigenvalue weighted by molar-refractivity contribution is 6.05. The van der Waals surface area contributed by atoms with Crippen molar-refractivity contribution in [3.63, 3.8) is 0 Å². The number of likely N-dealkylation sites (tertiary alicyclic amines) is 1. The molecule has 176 valence electrons. The lowest BCUT2D eigenvalue weighted by atomic mass is 9.89. The highest BCUT2D eigenvalue weighted by Crippen LogP contribution is 2.32. The van der Waals surface area contributed by atoms with Crippen LogP contribution in [0, 0.1) is 6.92 Å². The molecule has 0 spiro atoms. The maximum absolute atomic E-state index is 13.6. The summed E-state index contributed by atoms with van der Waals surface area (Å²) in [5, 5.41) is 1.04. The zero-order valence-electron chi connectivity index (χ0n) is 19.8. The van der Waals surface area contributed by atoms with Gasteiger partial charge in [-0.05, 0) is 55.2 Å². The topological polar surface area (TPSA) is 69.3 Å². The number of benzene rings is 2. The predicted octanol–water partition coefficient (Wildman–Crippen LogP) is 5.05. The molecule has 0 unspecified atom stereocenters. The van der Waals surface area contributed by atoms with E-state index in [1.165, 1.54) is 11.1 Å². The first-order valence-electron chi connectivity index (χ1n) is 12.3. The molecule has 2 aliphatic heterocycles. The lowest BCUT2D eigenvalue weighted by Gasteiger charge is -2.33. The third kappa shape index (κ3) is 3.89. The highest BCUT2D eigenvalue weighted by atomic mass is 16.2. The Bertz CT molecular complexity index is 1410. The average molecular weight is 465 g/mol. The van der Waals surface area contributed by atoms with Gasteiger partial charge in [-0.25, -0.2) is 0 Å². The van der Waals surface area contributed by atoms with Gasteiger partial charge in [-0.1, -0.05) is 36.4 Å². The molecule has 4 heterocycles. The Morgan fingerprint density at radius 2 is 1.54 bits per heavy atom. The number of hydrogen-bond donors (Lipinski definition) is 1. The number of aromatic amines is 1. The number of hydrogen-bond acceptors (Lipinski definition) is 3. The molecule has 0 bridgehead atoms. The summed E-state index contributed by atoms with van der Waals surface area (Å²) < 4.78 is 0. The van der Waals surface area contributed by atoms with Crippen LogP contribution in [0.25, 0.3) is 10.9 Å². The van der Waals surface area contributed by atoms with Crippen LogP contribution in [0.2, 0.25) is 0 Å². The van der Waals surface area contributed by atoms with Crippen molar-refractivity contribution in [2.75, 3.05) is 13.1 Å². The zero-order chi connectivity index (χ0) is 23.9. The molecule has 2 amide bonds. The van der Waals surface area contributed by atoms with Crippen LogP contribution in [0.3, 0.4) is 0 Å². The Labute approximate surface area is 204 Å². The number of aromatic nitrogens is 2. The summed E-state index contributed by atoms with van der Waals surface area (Å²) in [6.45, 7) is 4.55. The minimum absolute atomic E-state index is 0.0422. The molecule has 6 heteroatoms. The van der Waals surface area contributed by atoms with Crippen molar-refractivity contribution in [1.29, 1.82) is 0 Å². The van der Waals surface area contributed by atoms with Gasteiger partial charge < -0.3 is 14.8 Å². The fourth-order valence-corrected chi connectivity index (χ4v) is 5.51. The van der Waals surface area contributed by atoms with E-state index in [0.29, 0.717) is 37.3 Å². The van der Waals surface area contributed by atoms with E-state index in [1.54, 1.807) is 0 Å².